The van der Waals surface area contributed by atoms with Crippen molar-refractivity contribution in [2.75, 3.05) is 13.2 Å². The molecule has 0 radical (unpaired) electrons. The number of hydrogen-bond acceptors (Lipinski definition) is 5. The SMILES string of the molecule is CCC(N)c1nnc(C2CCOCC2)[nH]c1=O. The van der Waals surface area contributed by atoms with E-state index >= 15 is 0 Å². The van der Waals surface area contributed by atoms with E-state index in [2.05, 4.69) is 15.2 Å². The molecular weight excluding hydrogens is 220 g/mol. The summed E-state index contributed by atoms with van der Waals surface area (Å²) in [6, 6.07) is -0.338. The largest absolute Gasteiger partial charge is 0.381 e. The Morgan fingerprint density at radius 3 is 2.76 bits per heavy atom. The maximum Gasteiger partial charge on any atom is 0.274 e. The molecule has 0 aliphatic carbocycles. The number of H-pyrrole nitrogens is 1. The number of aromatic amines is 1. The average molecular weight is 238 g/mol. The molecule has 3 N–H and O–H groups in total. The Kier molecular flexibility index (Phi) is 3.86. The zero-order valence-corrected chi connectivity index (χ0v) is 9.98. The minimum absolute atomic E-state index is 0.212. The smallest absolute Gasteiger partial charge is 0.274 e. The topological polar surface area (TPSA) is 93.9 Å². The Labute approximate surface area is 99.6 Å². The third kappa shape index (κ3) is 2.70. The molecule has 94 valence electrons. The van der Waals surface area contributed by atoms with Gasteiger partial charge in [0.2, 0.25) is 0 Å². The number of nitrogens with two attached hydrogens (primary N) is 1. The molecule has 1 fully saturated rings. The van der Waals surface area contributed by atoms with Crippen molar-refractivity contribution < 1.29 is 4.74 Å². The van der Waals surface area contributed by atoms with Gasteiger partial charge in [-0.3, -0.25) is 4.79 Å². The number of nitrogens with one attached hydrogen (secondary N) is 1. The Morgan fingerprint density at radius 2 is 2.18 bits per heavy atom. The molecular formula is C11H18N4O2. The summed E-state index contributed by atoms with van der Waals surface area (Å²) in [4.78, 5) is 14.6. The van der Waals surface area contributed by atoms with Crippen LogP contribution in [-0.2, 0) is 4.74 Å². The summed E-state index contributed by atoms with van der Waals surface area (Å²) < 4.78 is 5.27. The van der Waals surface area contributed by atoms with E-state index in [1.807, 2.05) is 6.92 Å². The summed E-state index contributed by atoms with van der Waals surface area (Å²) in [6.07, 6.45) is 2.43. The number of aromatic nitrogens is 3. The third-order valence-electron chi connectivity index (χ3n) is 3.14. The van der Waals surface area contributed by atoms with Gasteiger partial charge in [-0.15, -0.1) is 10.2 Å². The second-order valence-electron chi connectivity index (χ2n) is 4.33. The van der Waals surface area contributed by atoms with Gasteiger partial charge >= 0.3 is 0 Å². The molecule has 1 aromatic rings. The highest BCUT2D eigenvalue weighted by molar-refractivity contribution is 5.04. The molecule has 0 aromatic carbocycles. The van der Waals surface area contributed by atoms with E-state index in [-0.39, 0.29) is 17.5 Å². The molecule has 2 rings (SSSR count). The zero-order valence-electron chi connectivity index (χ0n) is 9.98. The Balaban J connectivity index is 2.21. The van der Waals surface area contributed by atoms with Gasteiger partial charge in [-0.05, 0) is 19.3 Å². The number of rotatable bonds is 3. The number of nitrogens with zero attached hydrogens (tertiary/aromatic N) is 2. The van der Waals surface area contributed by atoms with Crippen LogP contribution in [0, 0.1) is 0 Å². The van der Waals surface area contributed by atoms with Crippen LogP contribution in [0.25, 0.3) is 0 Å². The van der Waals surface area contributed by atoms with Crippen LogP contribution in [0.15, 0.2) is 4.79 Å². The first-order valence-corrected chi connectivity index (χ1v) is 6.02. The van der Waals surface area contributed by atoms with Crippen LogP contribution in [0.2, 0.25) is 0 Å². The van der Waals surface area contributed by atoms with E-state index < -0.39 is 0 Å². The molecule has 1 aromatic heterocycles. The molecule has 2 heterocycles. The summed E-state index contributed by atoms with van der Waals surface area (Å²) in [7, 11) is 0. The highest BCUT2D eigenvalue weighted by Gasteiger charge is 2.20. The second-order valence-corrected chi connectivity index (χ2v) is 4.33. The molecule has 1 saturated heterocycles. The first kappa shape index (κ1) is 12.2. The Hall–Kier alpha value is -1.27. The first-order chi connectivity index (χ1) is 8.22. The molecule has 6 heteroatoms. The maximum absolute atomic E-state index is 11.8. The van der Waals surface area contributed by atoms with Crippen molar-refractivity contribution in [2.24, 2.45) is 5.73 Å². The third-order valence-corrected chi connectivity index (χ3v) is 3.14. The summed E-state index contributed by atoms with van der Waals surface area (Å²) in [5, 5.41) is 8.06. The number of hydrogen-bond donors (Lipinski definition) is 2. The fourth-order valence-corrected chi connectivity index (χ4v) is 1.95. The second kappa shape index (κ2) is 5.37. The van der Waals surface area contributed by atoms with E-state index in [0.717, 1.165) is 12.8 Å². The summed E-state index contributed by atoms with van der Waals surface area (Å²) >= 11 is 0. The van der Waals surface area contributed by atoms with Crippen molar-refractivity contribution in [1.29, 1.82) is 0 Å². The van der Waals surface area contributed by atoms with Gasteiger partial charge in [-0.1, -0.05) is 6.92 Å². The summed E-state index contributed by atoms with van der Waals surface area (Å²) in [5.41, 5.74) is 5.89. The van der Waals surface area contributed by atoms with E-state index in [4.69, 9.17) is 10.5 Å². The van der Waals surface area contributed by atoms with E-state index in [0.29, 0.717) is 31.2 Å². The normalized spacial score (nSPS) is 19.2. The van der Waals surface area contributed by atoms with E-state index in [1.54, 1.807) is 0 Å². The minimum atomic E-state index is -0.338. The lowest BCUT2D eigenvalue weighted by Gasteiger charge is -2.20. The van der Waals surface area contributed by atoms with Gasteiger partial charge in [0.05, 0.1) is 6.04 Å². The molecule has 1 aliphatic rings. The van der Waals surface area contributed by atoms with Crippen LogP contribution in [0.3, 0.4) is 0 Å². The lowest BCUT2D eigenvalue weighted by atomic mass is 10.00. The van der Waals surface area contributed by atoms with E-state index in [9.17, 15) is 4.79 Å². The predicted molar refractivity (Wildman–Crippen MR) is 62.7 cm³/mol. The maximum atomic E-state index is 11.8. The van der Waals surface area contributed by atoms with Crippen molar-refractivity contribution in [3.63, 3.8) is 0 Å². The quantitative estimate of drug-likeness (QED) is 0.798. The first-order valence-electron chi connectivity index (χ1n) is 6.02. The van der Waals surface area contributed by atoms with Gasteiger partial charge < -0.3 is 15.5 Å². The van der Waals surface area contributed by atoms with Crippen LogP contribution >= 0.6 is 0 Å². The Bertz CT molecular complexity index is 426. The highest BCUT2D eigenvalue weighted by atomic mass is 16.5. The van der Waals surface area contributed by atoms with Crippen LogP contribution in [0.5, 0.6) is 0 Å². The standard InChI is InChI=1S/C11H18N4O2/c1-2-8(12)9-11(16)13-10(15-14-9)7-3-5-17-6-4-7/h7-8H,2-6,12H2,1H3,(H,13,15,16). The minimum Gasteiger partial charge on any atom is -0.381 e. The van der Waals surface area contributed by atoms with Crippen LogP contribution < -0.4 is 11.3 Å². The fourth-order valence-electron chi connectivity index (χ4n) is 1.95. The van der Waals surface area contributed by atoms with Crippen molar-refractivity contribution in [3.05, 3.63) is 21.9 Å². The monoisotopic (exact) mass is 238 g/mol. The molecule has 0 spiro atoms. The van der Waals surface area contributed by atoms with Gasteiger partial charge in [0.15, 0.2) is 0 Å². The predicted octanol–water partition coefficient (Wildman–Crippen LogP) is 0.469. The van der Waals surface area contributed by atoms with Crippen molar-refractivity contribution in [1.82, 2.24) is 15.2 Å². The highest BCUT2D eigenvalue weighted by Crippen LogP contribution is 2.22. The molecule has 1 atom stereocenters. The van der Waals surface area contributed by atoms with Crippen LogP contribution in [-0.4, -0.2) is 28.4 Å². The molecule has 1 unspecified atom stereocenters. The average Bonchev–Trinajstić information content (AvgIpc) is 2.39. The van der Waals surface area contributed by atoms with Gasteiger partial charge in [0.1, 0.15) is 11.5 Å². The summed E-state index contributed by atoms with van der Waals surface area (Å²) in [6.45, 7) is 3.34. The molecule has 17 heavy (non-hydrogen) atoms. The lowest BCUT2D eigenvalue weighted by molar-refractivity contribution is 0.0832. The molecule has 6 nitrogen and oxygen atoms in total. The molecule has 0 bridgehead atoms. The van der Waals surface area contributed by atoms with Crippen molar-refractivity contribution in [2.45, 2.75) is 38.1 Å². The van der Waals surface area contributed by atoms with Gasteiger partial charge in [-0.25, -0.2) is 0 Å². The van der Waals surface area contributed by atoms with Gasteiger partial charge in [0, 0.05) is 19.1 Å². The van der Waals surface area contributed by atoms with Crippen LogP contribution in [0.4, 0.5) is 0 Å². The number of ether oxygens (including phenoxy) is 1. The van der Waals surface area contributed by atoms with Crippen molar-refractivity contribution in [3.8, 4) is 0 Å². The molecule has 1 aliphatic heterocycles. The molecule has 0 saturated carbocycles. The fraction of sp³-hybridized carbons (Fsp3) is 0.727. The summed E-state index contributed by atoms with van der Waals surface area (Å²) in [5.74, 6) is 0.904. The van der Waals surface area contributed by atoms with E-state index in [1.165, 1.54) is 0 Å². The van der Waals surface area contributed by atoms with Crippen molar-refractivity contribution >= 4 is 0 Å². The van der Waals surface area contributed by atoms with Crippen LogP contribution in [0.1, 0.15) is 49.7 Å². The zero-order chi connectivity index (χ0) is 12.3. The Morgan fingerprint density at radius 1 is 1.47 bits per heavy atom. The molecule has 0 amide bonds. The van der Waals surface area contributed by atoms with Gasteiger partial charge in [0.25, 0.3) is 5.56 Å². The van der Waals surface area contributed by atoms with Gasteiger partial charge in [-0.2, -0.15) is 0 Å². The lowest BCUT2D eigenvalue weighted by Crippen LogP contribution is -2.28.